The van der Waals surface area contributed by atoms with Crippen molar-refractivity contribution in [1.82, 2.24) is 10.2 Å². The van der Waals surface area contributed by atoms with Crippen LogP contribution in [0.1, 0.15) is 24.5 Å². The van der Waals surface area contributed by atoms with Crippen LogP contribution in [0.3, 0.4) is 0 Å². The lowest BCUT2D eigenvalue weighted by molar-refractivity contribution is -0.116. The highest BCUT2D eigenvalue weighted by atomic mass is 16.2. The first kappa shape index (κ1) is 16.7. The molecule has 0 radical (unpaired) electrons. The van der Waals surface area contributed by atoms with Gasteiger partial charge in [0.25, 0.3) is 11.1 Å². The van der Waals surface area contributed by atoms with Crippen molar-refractivity contribution in [2.24, 2.45) is 0 Å². The molecule has 3 aromatic rings. The van der Waals surface area contributed by atoms with Crippen LogP contribution >= 0.6 is 0 Å². The van der Waals surface area contributed by atoms with Crippen LogP contribution in [-0.4, -0.2) is 16.1 Å². The third-order valence-electron chi connectivity index (χ3n) is 4.15. The Hall–Kier alpha value is -3.15. The maximum atomic E-state index is 12.1. The predicted molar refractivity (Wildman–Crippen MR) is 98.0 cm³/mol. The molecule has 0 aliphatic rings. The number of benzene rings is 2. The lowest BCUT2D eigenvalue weighted by atomic mass is 10.1. The molecule has 6 nitrogen and oxygen atoms in total. The highest BCUT2D eigenvalue weighted by Gasteiger charge is 2.07. The summed E-state index contributed by atoms with van der Waals surface area (Å²) in [5, 5.41) is 7.85. The van der Waals surface area contributed by atoms with Crippen LogP contribution in [0.15, 0.2) is 52.1 Å². The largest absolute Gasteiger partial charge is 0.326 e. The van der Waals surface area contributed by atoms with Gasteiger partial charge in [0.1, 0.15) is 0 Å². The van der Waals surface area contributed by atoms with Gasteiger partial charge >= 0.3 is 0 Å². The number of anilines is 1. The number of aryl methyl sites for hydroxylation is 2. The molecule has 6 heteroatoms. The van der Waals surface area contributed by atoms with Gasteiger partial charge < -0.3 is 5.32 Å². The summed E-state index contributed by atoms with van der Waals surface area (Å²) in [6.45, 7) is 2.10. The fraction of sp³-hybridized carbons (Fsp3) is 0.211. The lowest BCUT2D eigenvalue weighted by Gasteiger charge is -2.07. The highest BCUT2D eigenvalue weighted by Crippen LogP contribution is 2.14. The summed E-state index contributed by atoms with van der Waals surface area (Å²) >= 11 is 0. The summed E-state index contributed by atoms with van der Waals surface area (Å²) in [5.41, 5.74) is 2.10. The molecule has 1 heterocycles. The highest BCUT2D eigenvalue weighted by molar-refractivity contribution is 5.94. The van der Waals surface area contributed by atoms with Crippen LogP contribution in [0, 0.1) is 0 Å². The minimum atomic E-state index is -0.401. The third-order valence-corrected chi connectivity index (χ3v) is 4.15. The molecule has 25 heavy (non-hydrogen) atoms. The Bertz CT molecular complexity index is 1020. The molecule has 0 aliphatic heterocycles. The van der Waals surface area contributed by atoms with Gasteiger partial charge in [0.15, 0.2) is 0 Å². The van der Waals surface area contributed by atoms with Crippen molar-refractivity contribution in [2.45, 2.75) is 26.2 Å². The molecule has 1 amide bonds. The molecule has 3 rings (SSSR count). The van der Waals surface area contributed by atoms with E-state index in [4.69, 9.17) is 0 Å². The number of hydrogen-bond acceptors (Lipinski definition) is 3. The summed E-state index contributed by atoms with van der Waals surface area (Å²) in [6, 6.07) is 12.9. The van der Waals surface area contributed by atoms with Crippen molar-refractivity contribution >= 4 is 22.4 Å². The Kier molecular flexibility index (Phi) is 4.79. The Morgan fingerprint density at radius 2 is 1.56 bits per heavy atom. The number of H-pyrrole nitrogens is 2. The van der Waals surface area contributed by atoms with Crippen LogP contribution in [-0.2, 0) is 17.6 Å². The van der Waals surface area contributed by atoms with E-state index in [1.165, 1.54) is 17.7 Å². The smallest absolute Gasteiger partial charge is 0.270 e. The first-order valence-electron chi connectivity index (χ1n) is 8.19. The molecule has 0 saturated heterocycles. The van der Waals surface area contributed by atoms with Gasteiger partial charge in [-0.05, 0) is 42.2 Å². The van der Waals surface area contributed by atoms with Gasteiger partial charge in [0, 0.05) is 12.1 Å². The number of fused-ring (bicyclic) bond motifs is 1. The normalized spacial score (nSPS) is 10.8. The van der Waals surface area contributed by atoms with E-state index >= 15 is 0 Å². The molecule has 128 valence electrons. The molecule has 0 atom stereocenters. The number of rotatable bonds is 5. The van der Waals surface area contributed by atoms with Crippen LogP contribution in [0.25, 0.3) is 10.8 Å². The quantitative estimate of drug-likeness (QED) is 0.667. The van der Waals surface area contributed by atoms with E-state index in [1.807, 2.05) is 12.1 Å². The summed E-state index contributed by atoms with van der Waals surface area (Å²) in [6.07, 6.45) is 1.98. The Morgan fingerprint density at radius 1 is 0.920 bits per heavy atom. The maximum absolute atomic E-state index is 12.1. The number of carbonyl (C=O) groups is 1. The summed E-state index contributed by atoms with van der Waals surface area (Å²) in [5.74, 6) is -0.139. The summed E-state index contributed by atoms with van der Waals surface area (Å²) < 4.78 is 0. The molecule has 0 fully saturated rings. The third kappa shape index (κ3) is 3.85. The minimum Gasteiger partial charge on any atom is -0.326 e. The van der Waals surface area contributed by atoms with Crippen LogP contribution in [0.4, 0.5) is 5.69 Å². The molecule has 0 spiro atoms. The number of hydrogen-bond donors (Lipinski definition) is 3. The van der Waals surface area contributed by atoms with Crippen molar-refractivity contribution in [3.8, 4) is 0 Å². The predicted octanol–water partition coefficient (Wildman–Crippen LogP) is 2.35. The Labute approximate surface area is 143 Å². The lowest BCUT2D eigenvalue weighted by Crippen LogP contribution is -2.19. The topological polar surface area (TPSA) is 94.8 Å². The molecule has 0 unspecified atom stereocenters. The number of nitrogens with one attached hydrogen (secondary N) is 3. The van der Waals surface area contributed by atoms with E-state index in [1.54, 1.807) is 6.07 Å². The second kappa shape index (κ2) is 7.17. The van der Waals surface area contributed by atoms with Gasteiger partial charge in [-0.15, -0.1) is 0 Å². The maximum Gasteiger partial charge on any atom is 0.270 e. The second-order valence-electron chi connectivity index (χ2n) is 5.89. The fourth-order valence-electron chi connectivity index (χ4n) is 2.68. The Balaban J connectivity index is 1.68. The molecule has 0 bridgehead atoms. The van der Waals surface area contributed by atoms with Crippen molar-refractivity contribution < 1.29 is 4.79 Å². The average Bonchev–Trinajstić information content (AvgIpc) is 2.63. The van der Waals surface area contributed by atoms with Gasteiger partial charge in [-0.1, -0.05) is 31.2 Å². The van der Waals surface area contributed by atoms with Gasteiger partial charge in [-0.2, -0.15) is 0 Å². The molecule has 0 aliphatic carbocycles. The van der Waals surface area contributed by atoms with Crippen LogP contribution in [0.5, 0.6) is 0 Å². The summed E-state index contributed by atoms with van der Waals surface area (Å²) in [4.78, 5) is 35.6. The molecule has 1 aromatic heterocycles. The molecular formula is C19H19N3O3. The van der Waals surface area contributed by atoms with Crippen molar-refractivity contribution in [3.05, 3.63) is 74.3 Å². The SMILES string of the molecule is CCc1ccc(CCC(=O)Nc2ccc3c(=O)[nH][nH]c(=O)c3c2)cc1. The average molecular weight is 337 g/mol. The zero-order valence-electron chi connectivity index (χ0n) is 13.9. The van der Waals surface area contributed by atoms with E-state index in [9.17, 15) is 14.4 Å². The summed E-state index contributed by atoms with van der Waals surface area (Å²) in [7, 11) is 0. The fourth-order valence-corrected chi connectivity index (χ4v) is 2.68. The first-order valence-corrected chi connectivity index (χ1v) is 8.19. The number of aromatic nitrogens is 2. The Morgan fingerprint density at radius 3 is 2.24 bits per heavy atom. The van der Waals surface area contributed by atoms with Gasteiger partial charge in [0.2, 0.25) is 5.91 Å². The van der Waals surface area contributed by atoms with Crippen molar-refractivity contribution in [3.63, 3.8) is 0 Å². The van der Waals surface area contributed by atoms with Gasteiger partial charge in [-0.25, -0.2) is 0 Å². The zero-order valence-corrected chi connectivity index (χ0v) is 13.9. The number of amides is 1. The monoisotopic (exact) mass is 337 g/mol. The van der Waals surface area contributed by atoms with Gasteiger partial charge in [0.05, 0.1) is 10.8 Å². The van der Waals surface area contributed by atoms with Crippen LogP contribution < -0.4 is 16.4 Å². The molecular weight excluding hydrogens is 318 g/mol. The molecule has 2 aromatic carbocycles. The van der Waals surface area contributed by atoms with E-state index in [0.717, 1.165) is 12.0 Å². The molecule has 0 saturated carbocycles. The number of carbonyl (C=O) groups excluding carboxylic acids is 1. The molecule has 3 N–H and O–H groups in total. The second-order valence-corrected chi connectivity index (χ2v) is 5.89. The van der Waals surface area contributed by atoms with E-state index < -0.39 is 5.56 Å². The van der Waals surface area contributed by atoms with E-state index in [0.29, 0.717) is 18.5 Å². The van der Waals surface area contributed by atoms with E-state index in [-0.39, 0.29) is 22.2 Å². The van der Waals surface area contributed by atoms with E-state index in [2.05, 4.69) is 34.6 Å². The van der Waals surface area contributed by atoms with Crippen molar-refractivity contribution in [2.75, 3.05) is 5.32 Å². The first-order chi connectivity index (χ1) is 12.1. The standard InChI is InChI=1S/C19H19N3O3/c1-2-12-3-5-13(6-4-12)7-10-17(23)20-14-8-9-15-16(11-14)19(25)22-21-18(15)24/h3-6,8-9,11H,2,7,10H2,1H3,(H,20,23)(H,21,24)(H,22,25). The van der Waals surface area contributed by atoms with Crippen molar-refractivity contribution in [1.29, 1.82) is 0 Å². The van der Waals surface area contributed by atoms with Gasteiger partial charge in [-0.3, -0.25) is 24.6 Å². The number of aromatic amines is 2. The van der Waals surface area contributed by atoms with Crippen LogP contribution in [0.2, 0.25) is 0 Å². The minimum absolute atomic E-state index is 0.139. The zero-order chi connectivity index (χ0) is 17.8.